The zero-order chi connectivity index (χ0) is 18.6. The van der Waals surface area contributed by atoms with Crippen LogP contribution in [0.2, 0.25) is 0 Å². The van der Waals surface area contributed by atoms with Crippen molar-refractivity contribution in [1.82, 2.24) is 25.8 Å². The SMILES string of the molecule is COc1ccc(C2C=C(c3ccccc3)NN2C(=O)Cc2cn[nH]n2)cc1. The highest BCUT2D eigenvalue weighted by Crippen LogP contribution is 2.32. The maximum Gasteiger partial charge on any atom is 0.247 e. The van der Waals surface area contributed by atoms with Crippen molar-refractivity contribution >= 4 is 11.6 Å². The molecule has 0 bridgehead atoms. The number of amides is 1. The Morgan fingerprint density at radius 1 is 1.15 bits per heavy atom. The van der Waals surface area contributed by atoms with Gasteiger partial charge in [0.2, 0.25) is 5.91 Å². The molecule has 1 aromatic heterocycles. The number of nitrogens with zero attached hydrogens (tertiary/aromatic N) is 3. The largest absolute Gasteiger partial charge is 0.497 e. The number of hydrogen-bond acceptors (Lipinski definition) is 5. The van der Waals surface area contributed by atoms with Crippen LogP contribution in [0.4, 0.5) is 0 Å². The molecule has 2 aromatic carbocycles. The van der Waals surface area contributed by atoms with E-state index in [1.54, 1.807) is 18.3 Å². The topological polar surface area (TPSA) is 83.1 Å². The minimum Gasteiger partial charge on any atom is -0.497 e. The van der Waals surface area contributed by atoms with Crippen LogP contribution in [-0.4, -0.2) is 33.4 Å². The molecule has 7 heteroatoms. The van der Waals surface area contributed by atoms with Crippen molar-refractivity contribution in [2.45, 2.75) is 12.5 Å². The third kappa shape index (κ3) is 3.52. The highest BCUT2D eigenvalue weighted by Gasteiger charge is 2.31. The molecule has 1 aliphatic rings. The van der Waals surface area contributed by atoms with E-state index in [-0.39, 0.29) is 18.4 Å². The van der Waals surface area contributed by atoms with E-state index in [0.29, 0.717) is 5.69 Å². The number of rotatable bonds is 5. The number of carbonyl (C=O) groups is 1. The van der Waals surface area contributed by atoms with Crippen molar-refractivity contribution in [2.24, 2.45) is 0 Å². The van der Waals surface area contributed by atoms with E-state index in [0.717, 1.165) is 22.6 Å². The van der Waals surface area contributed by atoms with Gasteiger partial charge in [0.15, 0.2) is 0 Å². The monoisotopic (exact) mass is 361 g/mol. The number of hydrogen-bond donors (Lipinski definition) is 2. The van der Waals surface area contributed by atoms with Crippen molar-refractivity contribution < 1.29 is 9.53 Å². The Hall–Kier alpha value is -3.61. The number of methoxy groups -OCH3 is 1. The van der Waals surface area contributed by atoms with Gasteiger partial charge in [-0.05, 0) is 29.3 Å². The molecule has 1 amide bonds. The molecule has 0 radical (unpaired) electrons. The van der Waals surface area contributed by atoms with Crippen molar-refractivity contribution in [2.75, 3.05) is 7.11 Å². The first-order chi connectivity index (χ1) is 13.2. The second-order valence-electron chi connectivity index (χ2n) is 6.18. The summed E-state index contributed by atoms with van der Waals surface area (Å²) in [5.74, 6) is 0.685. The van der Waals surface area contributed by atoms with Gasteiger partial charge >= 0.3 is 0 Å². The standard InChI is InChI=1S/C20H19N5O2/c1-27-17-9-7-15(8-10-17)19-12-18(14-5-3-2-4-6-14)23-25(19)20(26)11-16-13-21-24-22-16/h2-10,12-13,19,23H,11H2,1H3,(H,21,22,24). The van der Waals surface area contributed by atoms with Crippen LogP contribution >= 0.6 is 0 Å². The minimum absolute atomic E-state index is 0.0908. The Bertz CT molecular complexity index is 936. The van der Waals surface area contributed by atoms with Gasteiger partial charge in [-0.25, -0.2) is 5.01 Å². The van der Waals surface area contributed by atoms with E-state index in [4.69, 9.17) is 4.74 Å². The van der Waals surface area contributed by atoms with Gasteiger partial charge in [0.1, 0.15) is 5.75 Å². The summed E-state index contributed by atoms with van der Waals surface area (Å²) >= 11 is 0. The highest BCUT2D eigenvalue weighted by atomic mass is 16.5. The van der Waals surface area contributed by atoms with Crippen LogP contribution < -0.4 is 10.2 Å². The van der Waals surface area contributed by atoms with Crippen LogP contribution in [0.1, 0.15) is 22.9 Å². The minimum atomic E-state index is -0.231. The number of hydrazine groups is 1. The van der Waals surface area contributed by atoms with Crippen molar-refractivity contribution in [1.29, 1.82) is 0 Å². The van der Waals surface area contributed by atoms with Crippen LogP contribution in [0, 0.1) is 0 Å². The quantitative estimate of drug-likeness (QED) is 0.729. The number of ether oxygens (including phenoxy) is 1. The summed E-state index contributed by atoms with van der Waals surface area (Å²) in [6.07, 6.45) is 3.77. The summed E-state index contributed by atoms with van der Waals surface area (Å²) < 4.78 is 5.24. The number of benzene rings is 2. The Kier molecular flexibility index (Phi) is 4.57. The van der Waals surface area contributed by atoms with Gasteiger partial charge in [-0.3, -0.25) is 10.2 Å². The predicted molar refractivity (Wildman–Crippen MR) is 100 cm³/mol. The third-order valence-electron chi connectivity index (χ3n) is 4.45. The molecule has 2 heterocycles. The lowest BCUT2D eigenvalue weighted by molar-refractivity contribution is -0.133. The average Bonchev–Trinajstić information content (AvgIpc) is 3.39. The Labute approximate surface area is 156 Å². The lowest BCUT2D eigenvalue weighted by Crippen LogP contribution is -2.40. The first kappa shape index (κ1) is 16.8. The number of carbonyl (C=O) groups excluding carboxylic acids is 1. The summed E-state index contributed by atoms with van der Waals surface area (Å²) in [7, 11) is 1.63. The van der Waals surface area contributed by atoms with Gasteiger partial charge < -0.3 is 4.74 Å². The Balaban J connectivity index is 1.64. The van der Waals surface area contributed by atoms with Crippen LogP contribution in [0.25, 0.3) is 5.70 Å². The first-order valence-electron chi connectivity index (χ1n) is 8.59. The van der Waals surface area contributed by atoms with E-state index in [9.17, 15) is 4.79 Å². The van der Waals surface area contributed by atoms with E-state index < -0.39 is 0 Å². The lowest BCUT2D eigenvalue weighted by Gasteiger charge is -2.25. The summed E-state index contributed by atoms with van der Waals surface area (Å²) in [5.41, 5.74) is 6.76. The average molecular weight is 361 g/mol. The van der Waals surface area contributed by atoms with Gasteiger partial charge in [-0.15, -0.1) is 0 Å². The molecule has 7 nitrogen and oxygen atoms in total. The van der Waals surface area contributed by atoms with Gasteiger partial charge in [-0.1, -0.05) is 42.5 Å². The van der Waals surface area contributed by atoms with E-state index >= 15 is 0 Å². The molecule has 2 N–H and O–H groups in total. The molecule has 0 spiro atoms. The Morgan fingerprint density at radius 3 is 2.59 bits per heavy atom. The van der Waals surface area contributed by atoms with Crippen molar-refractivity contribution in [3.05, 3.63) is 83.7 Å². The molecule has 1 unspecified atom stereocenters. The zero-order valence-electron chi connectivity index (χ0n) is 14.8. The van der Waals surface area contributed by atoms with Gasteiger partial charge in [0, 0.05) is 0 Å². The summed E-state index contributed by atoms with van der Waals surface area (Å²) in [6.45, 7) is 0. The summed E-state index contributed by atoms with van der Waals surface area (Å²) in [5, 5.41) is 11.9. The first-order valence-corrected chi connectivity index (χ1v) is 8.59. The van der Waals surface area contributed by atoms with Crippen LogP contribution in [0.5, 0.6) is 5.75 Å². The number of nitrogens with one attached hydrogen (secondary N) is 2. The fourth-order valence-electron chi connectivity index (χ4n) is 3.06. The molecule has 1 atom stereocenters. The van der Waals surface area contributed by atoms with Crippen molar-refractivity contribution in [3.8, 4) is 5.75 Å². The molecular formula is C20H19N5O2. The van der Waals surface area contributed by atoms with Crippen LogP contribution in [0.3, 0.4) is 0 Å². The van der Waals surface area contributed by atoms with E-state index in [1.807, 2.05) is 54.6 Å². The van der Waals surface area contributed by atoms with Gasteiger partial charge in [0.25, 0.3) is 0 Å². The molecule has 0 saturated heterocycles. The van der Waals surface area contributed by atoms with Crippen LogP contribution in [-0.2, 0) is 11.2 Å². The second kappa shape index (κ2) is 7.33. The second-order valence-corrected chi connectivity index (χ2v) is 6.18. The fraction of sp³-hybridized carbons (Fsp3) is 0.150. The molecule has 3 aromatic rings. The zero-order valence-corrected chi connectivity index (χ0v) is 14.8. The molecule has 0 saturated carbocycles. The lowest BCUT2D eigenvalue weighted by atomic mass is 10.0. The molecular weight excluding hydrogens is 342 g/mol. The molecule has 0 fully saturated rings. The normalized spacial score (nSPS) is 16.0. The molecule has 27 heavy (non-hydrogen) atoms. The number of aromatic nitrogens is 3. The van der Waals surface area contributed by atoms with Crippen molar-refractivity contribution in [3.63, 3.8) is 0 Å². The van der Waals surface area contributed by atoms with E-state index in [2.05, 4.69) is 26.9 Å². The smallest absolute Gasteiger partial charge is 0.247 e. The maximum absolute atomic E-state index is 12.9. The molecule has 136 valence electrons. The highest BCUT2D eigenvalue weighted by molar-refractivity contribution is 5.82. The Morgan fingerprint density at radius 2 is 1.93 bits per heavy atom. The number of aromatic amines is 1. The number of H-pyrrole nitrogens is 1. The molecule has 0 aliphatic carbocycles. The molecule has 4 rings (SSSR count). The predicted octanol–water partition coefficient (Wildman–Crippen LogP) is 2.48. The summed E-state index contributed by atoms with van der Waals surface area (Å²) in [4.78, 5) is 12.9. The summed E-state index contributed by atoms with van der Waals surface area (Å²) in [6, 6.07) is 17.4. The van der Waals surface area contributed by atoms with Crippen LogP contribution in [0.15, 0.2) is 66.9 Å². The van der Waals surface area contributed by atoms with E-state index in [1.165, 1.54) is 0 Å². The third-order valence-corrected chi connectivity index (χ3v) is 4.45. The molecule has 1 aliphatic heterocycles. The van der Waals surface area contributed by atoms with Gasteiger partial charge in [-0.2, -0.15) is 15.4 Å². The van der Waals surface area contributed by atoms with Gasteiger partial charge in [0.05, 0.1) is 37.2 Å². The maximum atomic E-state index is 12.9. The fourth-order valence-corrected chi connectivity index (χ4v) is 3.06.